The third kappa shape index (κ3) is 3.76. The van der Waals surface area contributed by atoms with Crippen molar-refractivity contribution in [2.24, 2.45) is 0 Å². The molecule has 0 atom stereocenters. The summed E-state index contributed by atoms with van der Waals surface area (Å²) in [7, 11) is 1.30. The van der Waals surface area contributed by atoms with Gasteiger partial charge in [-0.3, -0.25) is 0 Å². The minimum atomic E-state index is -0.556. The van der Waals surface area contributed by atoms with E-state index in [1.807, 2.05) is 54.6 Å². The second-order valence-corrected chi connectivity index (χ2v) is 5.06. The maximum atomic E-state index is 11.5. The number of hydrogen-bond donors (Lipinski definition) is 0. The Balaban J connectivity index is 1.71. The number of ether oxygens (including phenoxy) is 2. The Bertz CT molecular complexity index is 818. The van der Waals surface area contributed by atoms with Crippen molar-refractivity contribution in [3.8, 4) is 17.0 Å². The number of carbonyl (C=O) groups is 1. The molecule has 24 heavy (non-hydrogen) atoms. The summed E-state index contributed by atoms with van der Waals surface area (Å²) in [6.45, 7) is 0.514. The Hall–Kier alpha value is -3.21. The number of methoxy groups -OCH3 is 1. The molecule has 0 spiro atoms. The quantitative estimate of drug-likeness (QED) is 0.673. The molecule has 5 nitrogen and oxygen atoms in total. The van der Waals surface area contributed by atoms with Crippen molar-refractivity contribution in [3.05, 3.63) is 78.2 Å². The Kier molecular flexibility index (Phi) is 4.81. The molecular weight excluding hydrogens is 304 g/mol. The zero-order valence-corrected chi connectivity index (χ0v) is 13.2. The zero-order valence-electron chi connectivity index (χ0n) is 13.2. The van der Waals surface area contributed by atoms with Gasteiger partial charge in [0, 0.05) is 11.8 Å². The summed E-state index contributed by atoms with van der Waals surface area (Å²) in [5.74, 6) is 0.254. The van der Waals surface area contributed by atoms with Crippen molar-refractivity contribution in [2.75, 3.05) is 7.11 Å². The molecule has 0 aliphatic heterocycles. The summed E-state index contributed by atoms with van der Waals surface area (Å²) in [6, 6.07) is 19.2. The number of carbonyl (C=O) groups excluding carboxylic acids is 1. The summed E-state index contributed by atoms with van der Waals surface area (Å²) >= 11 is 0. The fraction of sp³-hybridized carbons (Fsp3) is 0.105. The van der Waals surface area contributed by atoms with Crippen LogP contribution in [0.1, 0.15) is 16.2 Å². The fourth-order valence-corrected chi connectivity index (χ4v) is 2.17. The lowest BCUT2D eigenvalue weighted by molar-refractivity contribution is 0.0587. The van der Waals surface area contributed by atoms with E-state index in [1.54, 1.807) is 6.07 Å². The van der Waals surface area contributed by atoms with Crippen LogP contribution in [0.25, 0.3) is 11.3 Å². The van der Waals surface area contributed by atoms with Gasteiger partial charge in [-0.05, 0) is 35.9 Å². The molecule has 3 rings (SSSR count). The van der Waals surface area contributed by atoms with Gasteiger partial charge in [0.1, 0.15) is 12.4 Å². The molecule has 1 heterocycles. The van der Waals surface area contributed by atoms with Crippen molar-refractivity contribution < 1.29 is 14.3 Å². The number of rotatable bonds is 5. The second-order valence-electron chi connectivity index (χ2n) is 5.06. The molecule has 0 radical (unpaired) electrons. The first-order chi connectivity index (χ1) is 11.8. The van der Waals surface area contributed by atoms with E-state index in [2.05, 4.69) is 14.7 Å². The molecule has 0 N–H and O–H groups in total. The monoisotopic (exact) mass is 320 g/mol. The Labute approximate surface area is 139 Å². The van der Waals surface area contributed by atoms with Gasteiger partial charge in [0.2, 0.25) is 5.82 Å². The predicted octanol–water partition coefficient (Wildman–Crippen LogP) is 3.51. The van der Waals surface area contributed by atoms with Crippen molar-refractivity contribution >= 4 is 5.97 Å². The topological polar surface area (TPSA) is 61.3 Å². The highest BCUT2D eigenvalue weighted by Crippen LogP contribution is 2.21. The molecule has 3 aromatic rings. The lowest BCUT2D eigenvalue weighted by Gasteiger charge is -2.07. The molecule has 0 aliphatic rings. The molecule has 1 aromatic heterocycles. The summed E-state index contributed by atoms with van der Waals surface area (Å²) in [5.41, 5.74) is 2.63. The molecule has 5 heteroatoms. The van der Waals surface area contributed by atoms with Crippen molar-refractivity contribution in [1.82, 2.24) is 9.97 Å². The molecule has 0 bridgehead atoms. The molecule has 0 fully saturated rings. The van der Waals surface area contributed by atoms with Crippen LogP contribution in [0.5, 0.6) is 5.75 Å². The third-order valence-electron chi connectivity index (χ3n) is 3.42. The van der Waals surface area contributed by atoms with E-state index >= 15 is 0 Å². The van der Waals surface area contributed by atoms with Gasteiger partial charge in [-0.2, -0.15) is 0 Å². The molecule has 120 valence electrons. The van der Waals surface area contributed by atoms with Crippen LogP contribution in [0.2, 0.25) is 0 Å². The van der Waals surface area contributed by atoms with Crippen molar-refractivity contribution in [3.63, 3.8) is 0 Å². The van der Waals surface area contributed by atoms with Crippen LogP contribution in [-0.4, -0.2) is 23.0 Å². The van der Waals surface area contributed by atoms with E-state index in [0.29, 0.717) is 12.3 Å². The largest absolute Gasteiger partial charge is 0.489 e. The normalized spacial score (nSPS) is 10.2. The summed E-state index contributed by atoms with van der Waals surface area (Å²) < 4.78 is 10.4. The van der Waals surface area contributed by atoms with Gasteiger partial charge >= 0.3 is 5.97 Å². The highest BCUT2D eigenvalue weighted by atomic mass is 16.5. The molecule has 2 aromatic carbocycles. The van der Waals surface area contributed by atoms with Gasteiger partial charge in [0.15, 0.2) is 0 Å². The van der Waals surface area contributed by atoms with E-state index < -0.39 is 5.97 Å². The van der Waals surface area contributed by atoms with E-state index in [1.165, 1.54) is 13.3 Å². The minimum absolute atomic E-state index is 0.0411. The van der Waals surface area contributed by atoms with Gasteiger partial charge in [-0.25, -0.2) is 14.8 Å². The summed E-state index contributed by atoms with van der Waals surface area (Å²) in [4.78, 5) is 19.6. The van der Waals surface area contributed by atoms with Crippen molar-refractivity contribution in [1.29, 1.82) is 0 Å². The van der Waals surface area contributed by atoms with Gasteiger partial charge in [-0.15, -0.1) is 0 Å². The van der Waals surface area contributed by atoms with E-state index in [9.17, 15) is 4.79 Å². The number of hydrogen-bond acceptors (Lipinski definition) is 5. The maximum absolute atomic E-state index is 11.5. The number of aromatic nitrogens is 2. The highest BCUT2D eigenvalue weighted by molar-refractivity contribution is 5.85. The molecule has 0 amide bonds. The van der Waals surface area contributed by atoms with Gasteiger partial charge in [0.05, 0.1) is 12.8 Å². The Morgan fingerprint density at radius 1 is 1.00 bits per heavy atom. The SMILES string of the molecule is COC(=O)c1nccc(-c2ccc(OCc3ccccc3)cc2)n1. The van der Waals surface area contributed by atoms with Crippen LogP contribution in [0.4, 0.5) is 0 Å². The Morgan fingerprint density at radius 3 is 2.46 bits per heavy atom. The Morgan fingerprint density at radius 2 is 1.75 bits per heavy atom. The number of esters is 1. The van der Waals surface area contributed by atoms with Gasteiger partial charge < -0.3 is 9.47 Å². The molecule has 0 saturated heterocycles. The van der Waals surface area contributed by atoms with Crippen LogP contribution in [0.15, 0.2) is 66.9 Å². The zero-order chi connectivity index (χ0) is 16.8. The van der Waals surface area contributed by atoms with Crippen molar-refractivity contribution in [2.45, 2.75) is 6.61 Å². The van der Waals surface area contributed by atoms with Crippen LogP contribution in [-0.2, 0) is 11.3 Å². The van der Waals surface area contributed by atoms with Gasteiger partial charge in [-0.1, -0.05) is 30.3 Å². The predicted molar refractivity (Wildman–Crippen MR) is 89.6 cm³/mol. The maximum Gasteiger partial charge on any atom is 0.376 e. The van der Waals surface area contributed by atoms with Crippen LogP contribution >= 0.6 is 0 Å². The minimum Gasteiger partial charge on any atom is -0.489 e. The van der Waals surface area contributed by atoms with Crippen LogP contribution in [0.3, 0.4) is 0 Å². The van der Waals surface area contributed by atoms with E-state index in [4.69, 9.17) is 4.74 Å². The third-order valence-corrected chi connectivity index (χ3v) is 3.42. The highest BCUT2D eigenvalue weighted by Gasteiger charge is 2.10. The van der Waals surface area contributed by atoms with Crippen LogP contribution in [0, 0.1) is 0 Å². The summed E-state index contributed by atoms with van der Waals surface area (Å²) in [5, 5.41) is 0. The first kappa shape index (κ1) is 15.7. The molecular formula is C19H16N2O3. The number of nitrogens with zero attached hydrogens (tertiary/aromatic N) is 2. The number of benzene rings is 2. The molecule has 0 unspecified atom stereocenters. The fourth-order valence-electron chi connectivity index (χ4n) is 2.17. The van der Waals surface area contributed by atoms with E-state index in [-0.39, 0.29) is 5.82 Å². The van der Waals surface area contributed by atoms with E-state index in [0.717, 1.165) is 16.9 Å². The first-order valence-electron chi connectivity index (χ1n) is 7.45. The first-order valence-corrected chi connectivity index (χ1v) is 7.45. The summed E-state index contributed by atoms with van der Waals surface area (Å²) in [6.07, 6.45) is 1.54. The average Bonchev–Trinajstić information content (AvgIpc) is 2.67. The lowest BCUT2D eigenvalue weighted by Crippen LogP contribution is -2.07. The molecule has 0 aliphatic carbocycles. The lowest BCUT2D eigenvalue weighted by atomic mass is 10.1. The average molecular weight is 320 g/mol. The molecule has 0 saturated carbocycles. The smallest absolute Gasteiger partial charge is 0.376 e. The standard InChI is InChI=1S/C19H16N2O3/c1-23-19(22)18-20-12-11-17(21-18)15-7-9-16(10-8-15)24-13-14-5-3-2-4-6-14/h2-12H,13H2,1H3. The second kappa shape index (κ2) is 7.37. The van der Waals surface area contributed by atoms with Gasteiger partial charge in [0.25, 0.3) is 0 Å². The van der Waals surface area contributed by atoms with Crippen LogP contribution < -0.4 is 4.74 Å².